The predicted octanol–water partition coefficient (Wildman–Crippen LogP) is 3.65. The van der Waals surface area contributed by atoms with Gasteiger partial charge in [-0.05, 0) is 49.9 Å². The van der Waals surface area contributed by atoms with Crippen molar-refractivity contribution in [1.29, 1.82) is 0 Å². The number of rotatable bonds is 3. The molecule has 2 rings (SSSR count). The summed E-state index contributed by atoms with van der Waals surface area (Å²) in [6.07, 6.45) is 6.98. The molecule has 88 valence electrons. The predicted molar refractivity (Wildman–Crippen MR) is 70.5 cm³/mol. The molecule has 1 aliphatic rings. The highest BCUT2D eigenvalue weighted by atomic mass is 14.9. The van der Waals surface area contributed by atoms with E-state index >= 15 is 0 Å². The van der Waals surface area contributed by atoms with Crippen LogP contribution in [-0.2, 0) is 0 Å². The largest absolute Gasteiger partial charge is 0.399 e. The fourth-order valence-electron chi connectivity index (χ4n) is 2.59. The Hall–Kier alpha value is -1.18. The summed E-state index contributed by atoms with van der Waals surface area (Å²) in [5, 5.41) is 3.58. The van der Waals surface area contributed by atoms with Gasteiger partial charge in [-0.3, -0.25) is 0 Å². The van der Waals surface area contributed by atoms with E-state index in [9.17, 15) is 0 Å². The Morgan fingerprint density at radius 1 is 1.12 bits per heavy atom. The molecular formula is C14H22N2. The number of anilines is 2. The van der Waals surface area contributed by atoms with Gasteiger partial charge in [-0.15, -0.1) is 0 Å². The van der Waals surface area contributed by atoms with E-state index in [4.69, 9.17) is 5.73 Å². The molecule has 1 aliphatic carbocycles. The van der Waals surface area contributed by atoms with Gasteiger partial charge in [0, 0.05) is 17.4 Å². The molecule has 0 spiro atoms. The summed E-state index contributed by atoms with van der Waals surface area (Å²) in [5.41, 5.74) is 7.69. The summed E-state index contributed by atoms with van der Waals surface area (Å²) in [6.45, 7) is 2.30. The van der Waals surface area contributed by atoms with Crippen molar-refractivity contribution in [3.05, 3.63) is 24.3 Å². The molecule has 3 N–H and O–H groups in total. The minimum Gasteiger partial charge on any atom is -0.399 e. The Morgan fingerprint density at radius 2 is 1.75 bits per heavy atom. The Labute approximate surface area is 98.2 Å². The molecule has 0 heterocycles. The fourth-order valence-corrected chi connectivity index (χ4v) is 2.59. The maximum Gasteiger partial charge on any atom is 0.0343 e. The third kappa shape index (κ3) is 2.91. The first kappa shape index (κ1) is 11.3. The Balaban J connectivity index is 1.90. The van der Waals surface area contributed by atoms with Gasteiger partial charge in [-0.2, -0.15) is 0 Å². The highest BCUT2D eigenvalue weighted by Crippen LogP contribution is 2.28. The second-order valence-electron chi connectivity index (χ2n) is 4.95. The zero-order valence-corrected chi connectivity index (χ0v) is 10.1. The molecule has 0 aromatic heterocycles. The van der Waals surface area contributed by atoms with Crippen LogP contribution in [0, 0.1) is 5.92 Å². The molecule has 1 aromatic carbocycles. The number of nitrogen functional groups attached to an aromatic ring is 1. The normalized spacial score (nSPS) is 19.3. The highest BCUT2D eigenvalue weighted by molar-refractivity contribution is 5.51. The average Bonchev–Trinajstić information content (AvgIpc) is 2.33. The van der Waals surface area contributed by atoms with Gasteiger partial charge < -0.3 is 11.1 Å². The summed E-state index contributed by atoms with van der Waals surface area (Å²) in [4.78, 5) is 0. The van der Waals surface area contributed by atoms with Crippen LogP contribution in [0.2, 0.25) is 0 Å². The quantitative estimate of drug-likeness (QED) is 0.760. The fraction of sp³-hybridized carbons (Fsp3) is 0.571. The van der Waals surface area contributed by atoms with Crippen molar-refractivity contribution in [2.45, 2.75) is 45.1 Å². The van der Waals surface area contributed by atoms with E-state index in [0.717, 1.165) is 11.6 Å². The molecule has 0 bridgehead atoms. The van der Waals surface area contributed by atoms with Crippen LogP contribution in [-0.4, -0.2) is 6.04 Å². The first-order valence-electron chi connectivity index (χ1n) is 6.38. The summed E-state index contributed by atoms with van der Waals surface area (Å²) >= 11 is 0. The van der Waals surface area contributed by atoms with Gasteiger partial charge in [0.05, 0.1) is 0 Å². The molecule has 1 fully saturated rings. The maximum atomic E-state index is 5.67. The third-order valence-electron chi connectivity index (χ3n) is 3.66. The minimum absolute atomic E-state index is 0.573. The van der Waals surface area contributed by atoms with E-state index in [1.807, 2.05) is 12.1 Å². The van der Waals surface area contributed by atoms with E-state index in [1.54, 1.807) is 0 Å². The van der Waals surface area contributed by atoms with E-state index in [0.29, 0.717) is 6.04 Å². The topological polar surface area (TPSA) is 38.0 Å². The second kappa shape index (κ2) is 5.24. The third-order valence-corrected chi connectivity index (χ3v) is 3.66. The van der Waals surface area contributed by atoms with Crippen molar-refractivity contribution in [2.24, 2.45) is 5.92 Å². The van der Waals surface area contributed by atoms with Gasteiger partial charge in [-0.25, -0.2) is 0 Å². The van der Waals surface area contributed by atoms with E-state index in [1.165, 1.54) is 37.8 Å². The van der Waals surface area contributed by atoms with Crippen LogP contribution >= 0.6 is 0 Å². The van der Waals surface area contributed by atoms with Crippen molar-refractivity contribution < 1.29 is 0 Å². The zero-order chi connectivity index (χ0) is 11.4. The SMILES string of the molecule is CC(Nc1ccc(N)cc1)C1CCCCC1. The lowest BCUT2D eigenvalue weighted by Gasteiger charge is -2.29. The van der Waals surface area contributed by atoms with Gasteiger partial charge in [0.15, 0.2) is 0 Å². The molecule has 16 heavy (non-hydrogen) atoms. The molecule has 0 radical (unpaired) electrons. The average molecular weight is 218 g/mol. The Morgan fingerprint density at radius 3 is 2.38 bits per heavy atom. The standard InChI is InChI=1S/C14H22N2/c1-11(12-5-3-2-4-6-12)16-14-9-7-13(15)8-10-14/h7-12,16H,2-6,15H2,1H3. The van der Waals surface area contributed by atoms with E-state index < -0.39 is 0 Å². The number of hydrogen-bond donors (Lipinski definition) is 2. The summed E-state index contributed by atoms with van der Waals surface area (Å²) in [5.74, 6) is 0.839. The van der Waals surface area contributed by atoms with Crippen LogP contribution < -0.4 is 11.1 Å². The summed E-state index contributed by atoms with van der Waals surface area (Å²) in [7, 11) is 0. The lowest BCUT2D eigenvalue weighted by atomic mass is 9.84. The number of benzene rings is 1. The molecule has 1 unspecified atom stereocenters. The minimum atomic E-state index is 0.573. The van der Waals surface area contributed by atoms with Crippen molar-refractivity contribution in [3.8, 4) is 0 Å². The molecule has 1 atom stereocenters. The zero-order valence-electron chi connectivity index (χ0n) is 10.1. The van der Waals surface area contributed by atoms with Gasteiger partial charge in [0.2, 0.25) is 0 Å². The van der Waals surface area contributed by atoms with Crippen molar-refractivity contribution in [2.75, 3.05) is 11.1 Å². The van der Waals surface area contributed by atoms with Crippen LogP contribution in [0.3, 0.4) is 0 Å². The van der Waals surface area contributed by atoms with Crippen molar-refractivity contribution in [3.63, 3.8) is 0 Å². The van der Waals surface area contributed by atoms with Gasteiger partial charge in [0.25, 0.3) is 0 Å². The van der Waals surface area contributed by atoms with Crippen LogP contribution in [0.15, 0.2) is 24.3 Å². The maximum absolute atomic E-state index is 5.67. The molecule has 2 heteroatoms. The Bertz CT molecular complexity index is 312. The van der Waals surface area contributed by atoms with Crippen LogP contribution in [0.4, 0.5) is 11.4 Å². The Kier molecular flexibility index (Phi) is 3.70. The van der Waals surface area contributed by atoms with Crippen LogP contribution in [0.1, 0.15) is 39.0 Å². The monoisotopic (exact) mass is 218 g/mol. The number of nitrogens with one attached hydrogen (secondary N) is 1. The molecule has 0 saturated heterocycles. The molecule has 1 aromatic rings. The van der Waals surface area contributed by atoms with Crippen molar-refractivity contribution >= 4 is 11.4 Å². The first-order chi connectivity index (χ1) is 7.75. The molecule has 1 saturated carbocycles. The molecule has 2 nitrogen and oxygen atoms in total. The highest BCUT2D eigenvalue weighted by Gasteiger charge is 2.19. The van der Waals surface area contributed by atoms with Crippen LogP contribution in [0.25, 0.3) is 0 Å². The van der Waals surface area contributed by atoms with Crippen LogP contribution in [0.5, 0.6) is 0 Å². The smallest absolute Gasteiger partial charge is 0.0343 e. The van der Waals surface area contributed by atoms with Gasteiger partial charge in [0.1, 0.15) is 0 Å². The van der Waals surface area contributed by atoms with E-state index in [-0.39, 0.29) is 0 Å². The van der Waals surface area contributed by atoms with Gasteiger partial charge in [-0.1, -0.05) is 19.3 Å². The van der Waals surface area contributed by atoms with Gasteiger partial charge >= 0.3 is 0 Å². The van der Waals surface area contributed by atoms with Crippen molar-refractivity contribution in [1.82, 2.24) is 0 Å². The number of nitrogens with two attached hydrogens (primary N) is 1. The lowest BCUT2D eigenvalue weighted by molar-refractivity contribution is 0.328. The second-order valence-corrected chi connectivity index (χ2v) is 4.95. The van der Waals surface area contributed by atoms with E-state index in [2.05, 4.69) is 24.4 Å². The molecule has 0 aliphatic heterocycles. The summed E-state index contributed by atoms with van der Waals surface area (Å²) in [6, 6.07) is 8.61. The molecular weight excluding hydrogens is 196 g/mol. The molecule has 0 amide bonds. The number of hydrogen-bond acceptors (Lipinski definition) is 2. The first-order valence-corrected chi connectivity index (χ1v) is 6.38. The summed E-state index contributed by atoms with van der Waals surface area (Å²) < 4.78 is 0. The lowest BCUT2D eigenvalue weighted by Crippen LogP contribution is -2.27.